The number of carbonyl (C=O) groups excluding carboxylic acids is 1. The summed E-state index contributed by atoms with van der Waals surface area (Å²) in [5, 5.41) is 11.7. The lowest BCUT2D eigenvalue weighted by Gasteiger charge is -2.01. The van der Waals surface area contributed by atoms with Crippen LogP contribution in [0.15, 0.2) is 29.4 Å². The quantitative estimate of drug-likeness (QED) is 0.567. The molecule has 0 aromatic heterocycles. The van der Waals surface area contributed by atoms with Crippen LogP contribution in [0.2, 0.25) is 0 Å². The number of nitrogens with zero attached hydrogens (tertiary/aromatic N) is 1. The molecule has 0 bridgehead atoms. The molecular weight excluding hydrogens is 170 g/mol. The molecule has 0 saturated heterocycles. The van der Waals surface area contributed by atoms with E-state index >= 15 is 0 Å². The molecule has 1 N–H and O–H groups in total. The lowest BCUT2D eigenvalue weighted by Crippen LogP contribution is -2.13. The summed E-state index contributed by atoms with van der Waals surface area (Å²) >= 11 is 0. The van der Waals surface area contributed by atoms with E-state index in [2.05, 4.69) is 5.18 Å². The zero-order chi connectivity index (χ0) is 9.84. The molecule has 13 heavy (non-hydrogen) atoms. The summed E-state index contributed by atoms with van der Waals surface area (Å²) in [7, 11) is 0. The molecule has 0 amide bonds. The van der Waals surface area contributed by atoms with Crippen molar-refractivity contribution in [3.63, 3.8) is 0 Å². The molecule has 0 fully saturated rings. The first-order valence-corrected chi connectivity index (χ1v) is 3.81. The highest BCUT2D eigenvalue weighted by Crippen LogP contribution is 2.13. The predicted molar refractivity (Wildman–Crippen MR) is 47.7 cm³/mol. The number of Topliss-reactive ketones (excluding diaryl/α,β-unsaturated/α-hetero) is 1. The molecule has 0 aliphatic heterocycles. The van der Waals surface area contributed by atoms with Gasteiger partial charge in [-0.15, -0.1) is 0 Å². The SMILES string of the molecule is C[C@H](N=O)C(=O)c1cccc(O)c1. The van der Waals surface area contributed by atoms with Crippen LogP contribution in [0.4, 0.5) is 0 Å². The average Bonchev–Trinajstić information content (AvgIpc) is 2.15. The van der Waals surface area contributed by atoms with Gasteiger partial charge >= 0.3 is 0 Å². The van der Waals surface area contributed by atoms with Gasteiger partial charge < -0.3 is 5.11 Å². The highest BCUT2D eigenvalue weighted by Gasteiger charge is 2.15. The molecular formula is C9H9NO3. The predicted octanol–water partition coefficient (Wildman–Crippen LogP) is 1.73. The summed E-state index contributed by atoms with van der Waals surface area (Å²) in [4.78, 5) is 21.4. The minimum atomic E-state index is -0.901. The van der Waals surface area contributed by atoms with Gasteiger partial charge in [0.25, 0.3) is 0 Å². The third-order valence-electron chi connectivity index (χ3n) is 1.67. The zero-order valence-electron chi connectivity index (χ0n) is 7.10. The summed E-state index contributed by atoms with van der Waals surface area (Å²) in [5.74, 6) is -0.380. The van der Waals surface area contributed by atoms with E-state index in [1.54, 1.807) is 6.07 Å². The molecule has 0 spiro atoms. The first kappa shape index (κ1) is 9.38. The largest absolute Gasteiger partial charge is 0.508 e. The van der Waals surface area contributed by atoms with E-state index in [0.29, 0.717) is 5.56 Å². The Balaban J connectivity index is 2.95. The van der Waals surface area contributed by atoms with E-state index in [1.807, 2.05) is 0 Å². The molecule has 1 aromatic rings. The number of ketones is 1. The number of benzene rings is 1. The van der Waals surface area contributed by atoms with Crippen LogP contribution in [0.1, 0.15) is 17.3 Å². The van der Waals surface area contributed by atoms with Gasteiger partial charge in [-0.2, -0.15) is 4.91 Å². The van der Waals surface area contributed by atoms with Crippen molar-refractivity contribution in [3.8, 4) is 5.75 Å². The van der Waals surface area contributed by atoms with Crippen molar-refractivity contribution in [1.82, 2.24) is 0 Å². The van der Waals surface area contributed by atoms with E-state index in [-0.39, 0.29) is 11.5 Å². The summed E-state index contributed by atoms with van der Waals surface area (Å²) in [6.07, 6.45) is 0. The lowest BCUT2D eigenvalue weighted by atomic mass is 10.1. The third-order valence-corrected chi connectivity index (χ3v) is 1.67. The van der Waals surface area contributed by atoms with Crippen LogP contribution < -0.4 is 0 Å². The molecule has 68 valence electrons. The Morgan fingerprint density at radius 1 is 1.54 bits per heavy atom. The number of phenolic OH excluding ortho intramolecular Hbond substituents is 1. The summed E-state index contributed by atoms with van der Waals surface area (Å²) < 4.78 is 0. The van der Waals surface area contributed by atoms with Crippen molar-refractivity contribution in [3.05, 3.63) is 34.7 Å². The zero-order valence-corrected chi connectivity index (χ0v) is 7.10. The van der Waals surface area contributed by atoms with Gasteiger partial charge in [0.1, 0.15) is 5.75 Å². The highest BCUT2D eigenvalue weighted by molar-refractivity contribution is 6.00. The Hall–Kier alpha value is -1.71. The fourth-order valence-electron chi connectivity index (χ4n) is 0.948. The minimum absolute atomic E-state index is 0.00366. The molecule has 0 aliphatic rings. The molecule has 0 saturated carbocycles. The molecule has 0 unspecified atom stereocenters. The molecule has 1 atom stereocenters. The van der Waals surface area contributed by atoms with E-state index in [1.165, 1.54) is 25.1 Å². The summed E-state index contributed by atoms with van der Waals surface area (Å²) in [6, 6.07) is 4.94. The van der Waals surface area contributed by atoms with Crippen LogP contribution in [0, 0.1) is 4.91 Å². The Morgan fingerprint density at radius 2 is 2.23 bits per heavy atom. The first-order valence-electron chi connectivity index (χ1n) is 3.81. The summed E-state index contributed by atoms with van der Waals surface area (Å²) in [6.45, 7) is 1.42. The Bertz CT molecular complexity index is 335. The van der Waals surface area contributed by atoms with Gasteiger partial charge in [-0.25, -0.2) is 0 Å². The van der Waals surface area contributed by atoms with Crippen molar-refractivity contribution in [1.29, 1.82) is 0 Å². The number of aromatic hydroxyl groups is 1. The molecule has 1 aromatic carbocycles. The molecule has 4 heteroatoms. The number of nitroso groups, excluding NO2 is 1. The van der Waals surface area contributed by atoms with Gasteiger partial charge in [0.15, 0.2) is 11.8 Å². The number of phenols is 1. The fourth-order valence-corrected chi connectivity index (χ4v) is 0.948. The number of hydrogen-bond donors (Lipinski definition) is 1. The molecule has 0 heterocycles. The summed E-state index contributed by atoms with van der Waals surface area (Å²) in [5.41, 5.74) is 0.298. The molecule has 0 aliphatic carbocycles. The van der Waals surface area contributed by atoms with Crippen LogP contribution in [-0.4, -0.2) is 16.9 Å². The second-order valence-corrected chi connectivity index (χ2v) is 2.70. The number of carbonyl (C=O) groups is 1. The van der Waals surface area contributed by atoms with E-state index in [4.69, 9.17) is 5.11 Å². The molecule has 0 radical (unpaired) electrons. The second-order valence-electron chi connectivity index (χ2n) is 2.70. The van der Waals surface area contributed by atoms with Crippen LogP contribution in [0.3, 0.4) is 0 Å². The normalized spacial score (nSPS) is 12.1. The Morgan fingerprint density at radius 3 is 2.77 bits per heavy atom. The molecule has 1 rings (SSSR count). The van der Waals surface area contributed by atoms with Crippen molar-refractivity contribution in [2.24, 2.45) is 5.18 Å². The monoisotopic (exact) mass is 179 g/mol. The van der Waals surface area contributed by atoms with Gasteiger partial charge in [-0.3, -0.25) is 4.79 Å². The van der Waals surface area contributed by atoms with Gasteiger partial charge in [-0.05, 0) is 19.1 Å². The van der Waals surface area contributed by atoms with Crippen LogP contribution in [0.25, 0.3) is 0 Å². The van der Waals surface area contributed by atoms with Crippen molar-refractivity contribution >= 4 is 5.78 Å². The highest BCUT2D eigenvalue weighted by atomic mass is 16.3. The Kier molecular flexibility index (Phi) is 2.74. The van der Waals surface area contributed by atoms with Crippen LogP contribution in [-0.2, 0) is 0 Å². The smallest absolute Gasteiger partial charge is 0.190 e. The van der Waals surface area contributed by atoms with E-state index in [9.17, 15) is 9.70 Å². The van der Waals surface area contributed by atoms with Gasteiger partial charge in [0, 0.05) is 5.56 Å². The van der Waals surface area contributed by atoms with E-state index in [0.717, 1.165) is 0 Å². The van der Waals surface area contributed by atoms with Crippen molar-refractivity contribution in [2.45, 2.75) is 13.0 Å². The maximum absolute atomic E-state index is 11.3. The fraction of sp³-hybridized carbons (Fsp3) is 0.222. The standard InChI is InChI=1S/C9H9NO3/c1-6(10-13)9(12)7-3-2-4-8(11)5-7/h2-6,11H,1H3/t6-/m0/s1. The van der Waals surface area contributed by atoms with Crippen molar-refractivity contribution in [2.75, 3.05) is 0 Å². The van der Waals surface area contributed by atoms with Gasteiger partial charge in [0.05, 0.1) is 0 Å². The number of rotatable bonds is 3. The topological polar surface area (TPSA) is 66.7 Å². The average molecular weight is 179 g/mol. The third kappa shape index (κ3) is 2.11. The Labute approximate surface area is 75.2 Å². The second kappa shape index (κ2) is 3.80. The molecule has 4 nitrogen and oxygen atoms in total. The number of hydrogen-bond acceptors (Lipinski definition) is 4. The lowest BCUT2D eigenvalue weighted by molar-refractivity contribution is 0.0968. The van der Waals surface area contributed by atoms with Crippen LogP contribution in [0.5, 0.6) is 5.75 Å². The van der Waals surface area contributed by atoms with Gasteiger partial charge in [0.2, 0.25) is 0 Å². The van der Waals surface area contributed by atoms with Crippen LogP contribution >= 0.6 is 0 Å². The van der Waals surface area contributed by atoms with Gasteiger partial charge in [-0.1, -0.05) is 17.3 Å². The maximum atomic E-state index is 11.3. The maximum Gasteiger partial charge on any atom is 0.190 e. The van der Waals surface area contributed by atoms with Crippen molar-refractivity contribution < 1.29 is 9.90 Å². The first-order chi connectivity index (χ1) is 6.15. The minimum Gasteiger partial charge on any atom is -0.508 e. The van der Waals surface area contributed by atoms with E-state index < -0.39 is 6.04 Å².